The normalized spacial score (nSPS) is 30.1. The zero-order valence-corrected chi connectivity index (χ0v) is 117. The summed E-state index contributed by atoms with van der Waals surface area (Å²) >= 11 is 0. The Morgan fingerprint density at radius 3 is 1.22 bits per heavy atom. The maximum Gasteiger partial charge on any atom is 0.274 e. The molecule has 16 N–H and O–H groups in total. The van der Waals surface area contributed by atoms with Crippen LogP contribution >= 0.6 is 369 Å². The molecule has 36 unspecified atom stereocenters. The van der Waals surface area contributed by atoms with E-state index in [-0.39, 0.29) is 167 Å². The number of nitrogen functional groups attached to an aromatic ring is 3. The number of rotatable bonds is 37. The average molecular weight is 2720 g/mol. The third-order valence-electron chi connectivity index (χ3n) is 20.0. The van der Waals surface area contributed by atoms with Gasteiger partial charge < -0.3 is 125 Å². The summed E-state index contributed by atoms with van der Waals surface area (Å²) in [6, 6.07) is 7.03. The van der Waals surface area contributed by atoms with Gasteiger partial charge in [0.2, 0.25) is 0 Å². The van der Waals surface area contributed by atoms with Crippen LogP contribution in [-0.2, 0) is 63.9 Å². The van der Waals surface area contributed by atoms with E-state index in [1.807, 2.05) is 6.07 Å². The summed E-state index contributed by atoms with van der Waals surface area (Å²) < 4.78 is 101. The molecule has 8 aliphatic heterocycles. The van der Waals surface area contributed by atoms with Gasteiger partial charge in [0.25, 0.3) is 31.3 Å². The third kappa shape index (κ3) is 33.4. The van der Waals surface area contributed by atoms with Crippen molar-refractivity contribution >= 4 is 417 Å². The van der Waals surface area contributed by atoms with Crippen molar-refractivity contribution in [3.8, 4) is 11.1 Å². The molecule has 0 saturated carbocycles. The number of aliphatic imine (C=N–C) groups is 3. The Kier molecular flexibility index (Phi) is 55.9. The Hall–Kier alpha value is 12.4. The van der Waals surface area contributed by atoms with E-state index in [4.69, 9.17) is 41.9 Å². The first-order valence-corrected chi connectivity index (χ1v) is 118. The highest BCUT2D eigenvalue weighted by atomic mass is 33.5. The van der Waals surface area contributed by atoms with Crippen LogP contribution in [0.1, 0.15) is 43.3 Å². The van der Waals surface area contributed by atoms with Gasteiger partial charge in [0.15, 0.2) is 17.9 Å². The van der Waals surface area contributed by atoms with Crippen molar-refractivity contribution in [2.24, 2.45) is 26.6 Å². The van der Waals surface area contributed by atoms with E-state index in [1.165, 1.54) is 55.9 Å². The van der Waals surface area contributed by atoms with Gasteiger partial charge in [-0.3, -0.25) is 28.2 Å². The van der Waals surface area contributed by atoms with Crippen molar-refractivity contribution in [1.29, 1.82) is 0 Å². The molecule has 0 radical (unpaired) electrons. The third-order valence-corrected chi connectivity index (χ3v) is 288. The fourth-order valence-electron chi connectivity index (χ4n) is 13.9. The number of ether oxygens (including phenoxy) is 4. The molecule has 2 aromatic rings. The van der Waals surface area contributed by atoms with Gasteiger partial charge in [-0.15, -0.1) is 205 Å². The summed E-state index contributed by atoms with van der Waals surface area (Å²) in [7, 11) is 50.3. The lowest BCUT2D eigenvalue weighted by atomic mass is 9.82. The number of nitrogens with zero attached hydrogens (tertiary/aromatic N) is 8. The second-order valence-corrected chi connectivity index (χ2v) is 201. The van der Waals surface area contributed by atoms with Crippen LogP contribution in [0.25, 0.3) is 11.1 Å². The molecular weight excluding hydrogens is 2610 g/mol. The quantitative estimate of drug-likeness (QED) is 0.0187. The van der Waals surface area contributed by atoms with Crippen molar-refractivity contribution in [1.82, 2.24) is 24.5 Å². The molecule has 84 heteroatoms. The monoisotopic (exact) mass is 2720 g/mol. The van der Waals surface area contributed by atoms with E-state index >= 15 is 0 Å². The van der Waals surface area contributed by atoms with E-state index in [1.54, 1.807) is 36.4 Å². The lowest BCUT2D eigenvalue weighted by Gasteiger charge is -2.48. The molecule has 4 fully saturated rings. The van der Waals surface area contributed by atoms with Gasteiger partial charge in [0.1, 0.15) is 120 Å². The minimum absolute atomic E-state index is 0.00181. The van der Waals surface area contributed by atoms with Crippen LogP contribution in [0.3, 0.4) is 0 Å². The molecule has 0 aromatic carbocycles. The van der Waals surface area contributed by atoms with E-state index in [0.717, 1.165) is 5.56 Å². The van der Waals surface area contributed by atoms with E-state index < -0.39 is 172 Å². The van der Waals surface area contributed by atoms with Crippen molar-refractivity contribution in [3.63, 3.8) is 0 Å². The number of aromatic nitrogens is 5. The minimum Gasteiger partial charge on any atom is -0.756 e. The lowest BCUT2D eigenvalue weighted by molar-refractivity contribution is -0.249. The fraction of sp³-hybridized carbons (Fsp3) is 0.500. The maximum absolute atomic E-state index is 12.4. The molecule has 4 saturated heterocycles. The number of hydrogen-bond acceptors (Lipinski definition) is 37. The second-order valence-electron chi connectivity index (χ2n) is 28.8. The highest BCUT2D eigenvalue weighted by Gasteiger charge is 2.60. The second kappa shape index (κ2) is 57.6. The average Bonchev–Trinajstić information content (AvgIpc) is 1.59. The number of pyridine rings is 1. The Labute approximate surface area is 851 Å². The molecule has 12 rings (SSSR count). The largest absolute Gasteiger partial charge is 0.756 e. The van der Waals surface area contributed by atoms with Gasteiger partial charge in [-0.1, -0.05) is 36.4 Å². The number of hydrogen-bond donors (Lipinski definition) is 12. The van der Waals surface area contributed by atoms with Crippen molar-refractivity contribution in [2.45, 2.75) is 122 Å². The number of phosphoric acid groups is 4. The zero-order valence-electron chi connectivity index (χ0n) is 69.5. The summed E-state index contributed by atoms with van der Waals surface area (Å²) in [5, 5.41) is 84.9. The predicted octanol–water partition coefficient (Wildman–Crippen LogP) is 20.0. The van der Waals surface area contributed by atoms with E-state index in [2.05, 4.69) is 267 Å². The van der Waals surface area contributed by atoms with Crippen molar-refractivity contribution < 1.29 is 124 Å². The van der Waals surface area contributed by atoms with Crippen LogP contribution < -0.4 is 42.5 Å². The van der Waals surface area contributed by atoms with Gasteiger partial charge in [0, 0.05) is 41.9 Å². The molecular formula is C50H106N12O26P46-4. The Morgan fingerprint density at radius 2 is 0.828 bits per heavy atom. The smallest absolute Gasteiger partial charge is 0.274 e. The topological polar surface area (TPSA) is 612 Å². The number of nitrogens with two attached hydrogens (primary N) is 4. The number of allylic oxidation sites excluding steroid dienone is 4. The van der Waals surface area contributed by atoms with E-state index in [9.17, 15) is 78.7 Å². The summed E-state index contributed by atoms with van der Waals surface area (Å²) in [5.41, 5.74) is 24.5. The van der Waals surface area contributed by atoms with Crippen LogP contribution in [0, 0.1) is 5.92 Å². The summed E-state index contributed by atoms with van der Waals surface area (Å²) in [5.74, 6) is -1.62. The van der Waals surface area contributed by atoms with Crippen molar-refractivity contribution in [2.75, 3.05) is 43.6 Å². The number of aliphatic hydroxyl groups excluding tert-OH is 8. The summed E-state index contributed by atoms with van der Waals surface area (Å²) in [6.07, 6.45) is -7.59. The highest BCUT2D eigenvalue weighted by molar-refractivity contribution is 9.40. The Bertz CT molecular complexity index is 4940. The summed E-state index contributed by atoms with van der Waals surface area (Å²) in [4.78, 5) is 78.0. The molecule has 0 bridgehead atoms. The number of phosphoric ester groups is 4. The molecule has 10 heterocycles. The van der Waals surface area contributed by atoms with Gasteiger partial charge in [-0.05, 0) is 164 Å². The first-order chi connectivity index (χ1) is 62.2. The van der Waals surface area contributed by atoms with Gasteiger partial charge >= 0.3 is 0 Å². The SMILES string of the molecule is C[C@]1(C2C=Nc3c(N)ncnc32)O[C@@H](COP(=O)([O-])OP(=O)([O-])OC[C@H]2O[C@@H](C3C=NC(N)=C4C=CC=C43)[C@@H](O)C2O)C(O)[C@H]1O.C[C@]1(C2C=Nc3c(N)ncnc32)O[C@@H](COP(=O)([O-])OP(=O)([O-])OC[C@H]2O[C@@H](n3ccc4cccc-4c3N)[C@@H](O)C2O)C(O)[C@H]1O.PP(P)P(P(P)P)P(P(P)P)P(P(P)P)P(P)P.PP(P)P(P)P(P(P)P)P(P(P(P)P)P(P)P)P(P(P)P)P(P)P. The number of fused-ring (bicyclic) bond motifs is 4. The van der Waals surface area contributed by atoms with Gasteiger partial charge in [-0.2, -0.15) is 0 Å². The molecule has 0 spiro atoms. The first-order valence-electron chi connectivity index (χ1n) is 37.0. The standard InChI is InChI=1S/2C25H32N6O13P2.H26P24.H20P18/c1-25(13-6-28-17-16(13)30-9-31-24(17)27)22(35)19(33)15(43-25)8-41-46(38,39)44-45(36,37)40-7-14-18(32)20(34)21(42-14)12-5-29-23(26)11-4-2-3-10(11)12;1-25(13-7-28-17-16(13)29-10-30-22(17)26)21(35)19(33)15(43-25)9-41-46(38,39)44-45(36,37)40-8-14-18(32)20(34)24(42-14)31-6-5-11-3-2-4-12(11)23(31)27;1-14(2)20(13)23(19(11)12)24(21(15(3)4)16(5)6)22(17(7)8)18(9)10;1-11(2)16(12(3)4)18(15(9)10)17(13(5)6)14(7)8/h2-6,9,12-15,18-22,32-35H,7-8,26H2,1H3,(H,36,37)(H,38,39)(H2,27,30,31);2-7,10,13-15,18-21,24,32-35H,8-9,27H2,1H3,(H,36,37)(H,38,39)(H2,26,29,30);1-13H2;1-10H2/p-4/t12?,13?,14-,15+,18?,19?,20+,21+,22-,25-;13?,14-,15+,18?,19?,20+,21-,24-,25-;;/m11../s1. The van der Waals surface area contributed by atoms with Crippen LogP contribution in [0.4, 0.5) is 28.8 Å². The minimum atomic E-state index is -5.67. The predicted molar refractivity (Wildman–Crippen MR) is 659 cm³/mol. The first kappa shape index (κ1) is 130. The molecule has 134 heavy (non-hydrogen) atoms. The molecule has 0 amide bonds. The zero-order chi connectivity index (χ0) is 100. The maximum atomic E-state index is 12.4. The lowest BCUT2D eigenvalue weighted by Crippen LogP contribution is -2.45. The summed E-state index contributed by atoms with van der Waals surface area (Å²) in [6.45, 7) is 0.175. The van der Waals surface area contributed by atoms with E-state index in [0.29, 0.717) is 28.1 Å². The van der Waals surface area contributed by atoms with Gasteiger partial charge in [0.05, 0.1) is 55.8 Å². The van der Waals surface area contributed by atoms with Gasteiger partial charge in [-0.25, -0.2) is 33.5 Å². The highest BCUT2D eigenvalue weighted by Crippen LogP contribution is 3.34. The van der Waals surface area contributed by atoms with Crippen LogP contribution in [0.15, 0.2) is 93.3 Å². The van der Waals surface area contributed by atoms with Crippen LogP contribution in [-0.4, -0.2) is 201 Å². The molecule has 48 atom stereocenters. The van der Waals surface area contributed by atoms with Crippen LogP contribution in [0.5, 0.6) is 0 Å². The molecule has 2 aliphatic carbocycles. The Balaban J connectivity index is 0.000000215. The Morgan fingerprint density at radius 1 is 0.448 bits per heavy atom. The van der Waals surface area contributed by atoms with Crippen LogP contribution in [0.2, 0.25) is 0 Å². The molecule has 10 aliphatic rings. The number of anilines is 3. The fourth-order valence-corrected chi connectivity index (χ4v) is 516. The molecule has 38 nitrogen and oxygen atoms in total. The van der Waals surface area contributed by atoms with Crippen molar-refractivity contribution in [3.05, 3.63) is 89.7 Å². The molecule has 756 valence electrons. The number of aliphatic hydroxyl groups is 8. The molecule has 2 aromatic heterocycles.